The molecule has 1 aromatic rings. The van der Waals surface area contributed by atoms with Crippen LogP contribution in [0.5, 0.6) is 11.5 Å². The number of hydrogen-bond acceptors (Lipinski definition) is 5. The molecule has 94 valence electrons. The van der Waals surface area contributed by atoms with Gasteiger partial charge in [-0.15, -0.1) is 0 Å². The highest BCUT2D eigenvalue weighted by molar-refractivity contribution is 6.00. The SMILES string of the molecule is CC1(c2ccc3c(c2)OCCO3)CC(=O)OC1=O. The summed E-state index contributed by atoms with van der Waals surface area (Å²) in [5.41, 5.74) is -0.213. The predicted molar refractivity (Wildman–Crippen MR) is 60.5 cm³/mol. The second-order valence-corrected chi connectivity index (χ2v) is 4.63. The Kier molecular flexibility index (Phi) is 2.29. The van der Waals surface area contributed by atoms with E-state index in [9.17, 15) is 9.59 Å². The minimum atomic E-state index is -0.924. The fraction of sp³-hybridized carbons (Fsp3) is 0.385. The van der Waals surface area contributed by atoms with E-state index in [1.54, 1.807) is 25.1 Å². The molecule has 1 aromatic carbocycles. The van der Waals surface area contributed by atoms with E-state index < -0.39 is 17.4 Å². The molecule has 0 radical (unpaired) electrons. The minimum Gasteiger partial charge on any atom is -0.486 e. The highest BCUT2D eigenvalue weighted by atomic mass is 16.6. The number of ether oxygens (including phenoxy) is 3. The van der Waals surface area contributed by atoms with E-state index in [1.807, 2.05) is 0 Å². The predicted octanol–water partition coefficient (Wildman–Crippen LogP) is 1.19. The van der Waals surface area contributed by atoms with Crippen molar-refractivity contribution in [1.82, 2.24) is 0 Å². The van der Waals surface area contributed by atoms with Crippen LogP contribution in [0.25, 0.3) is 0 Å². The van der Waals surface area contributed by atoms with E-state index in [-0.39, 0.29) is 6.42 Å². The molecule has 0 saturated carbocycles. The number of rotatable bonds is 1. The van der Waals surface area contributed by atoms with Crippen LogP contribution in [0.2, 0.25) is 0 Å². The van der Waals surface area contributed by atoms with E-state index in [4.69, 9.17) is 9.47 Å². The topological polar surface area (TPSA) is 61.8 Å². The van der Waals surface area contributed by atoms with Gasteiger partial charge in [0.1, 0.15) is 18.6 Å². The van der Waals surface area contributed by atoms with Crippen LogP contribution in [0.4, 0.5) is 0 Å². The van der Waals surface area contributed by atoms with Crippen LogP contribution in [0.3, 0.4) is 0 Å². The first-order chi connectivity index (χ1) is 8.59. The quantitative estimate of drug-likeness (QED) is 0.552. The van der Waals surface area contributed by atoms with Gasteiger partial charge in [0.15, 0.2) is 11.5 Å². The summed E-state index contributed by atoms with van der Waals surface area (Å²) in [5.74, 6) is 0.264. The van der Waals surface area contributed by atoms with Crippen molar-refractivity contribution in [2.24, 2.45) is 0 Å². The first-order valence-electron chi connectivity index (χ1n) is 5.75. The Morgan fingerprint density at radius 2 is 1.83 bits per heavy atom. The highest BCUT2D eigenvalue weighted by Crippen LogP contribution is 2.39. The Bertz CT molecular complexity index is 536. The minimum absolute atomic E-state index is 0.0610. The number of benzene rings is 1. The molecule has 2 aliphatic rings. The maximum absolute atomic E-state index is 11.8. The summed E-state index contributed by atoms with van der Waals surface area (Å²) in [5, 5.41) is 0. The van der Waals surface area contributed by atoms with Crippen molar-refractivity contribution in [2.45, 2.75) is 18.8 Å². The molecule has 0 bridgehead atoms. The maximum atomic E-state index is 11.8. The number of fused-ring (bicyclic) bond motifs is 1. The third kappa shape index (κ3) is 1.54. The number of hydrogen-bond donors (Lipinski definition) is 0. The number of carbonyl (C=O) groups is 2. The van der Waals surface area contributed by atoms with Gasteiger partial charge in [0.2, 0.25) is 0 Å². The second kappa shape index (κ2) is 3.73. The van der Waals surface area contributed by atoms with Crippen LogP contribution < -0.4 is 9.47 Å². The Hall–Kier alpha value is -2.04. The van der Waals surface area contributed by atoms with Crippen molar-refractivity contribution < 1.29 is 23.8 Å². The molecule has 2 heterocycles. The standard InChI is InChI=1S/C13H12O5/c1-13(7-11(14)18-12(13)15)8-2-3-9-10(6-8)17-5-4-16-9/h2-3,6H,4-5,7H2,1H3. The van der Waals surface area contributed by atoms with Crippen molar-refractivity contribution >= 4 is 11.9 Å². The van der Waals surface area contributed by atoms with Gasteiger partial charge < -0.3 is 14.2 Å². The van der Waals surface area contributed by atoms with Crippen LogP contribution >= 0.6 is 0 Å². The van der Waals surface area contributed by atoms with Crippen LogP contribution in [0.15, 0.2) is 18.2 Å². The van der Waals surface area contributed by atoms with E-state index in [0.29, 0.717) is 30.3 Å². The summed E-state index contributed by atoms with van der Waals surface area (Å²) >= 11 is 0. The van der Waals surface area contributed by atoms with Crippen molar-refractivity contribution in [3.8, 4) is 11.5 Å². The lowest BCUT2D eigenvalue weighted by atomic mass is 9.81. The monoisotopic (exact) mass is 248 g/mol. The molecule has 0 N–H and O–H groups in total. The van der Waals surface area contributed by atoms with Gasteiger partial charge in [-0.25, -0.2) is 0 Å². The van der Waals surface area contributed by atoms with Gasteiger partial charge in [0, 0.05) is 0 Å². The average molecular weight is 248 g/mol. The average Bonchev–Trinajstić information content (AvgIpc) is 2.63. The zero-order valence-corrected chi connectivity index (χ0v) is 9.89. The Balaban J connectivity index is 2.02. The molecule has 1 atom stereocenters. The molecule has 5 nitrogen and oxygen atoms in total. The molecule has 1 saturated heterocycles. The first kappa shape index (κ1) is 11.1. The molecular formula is C13H12O5. The van der Waals surface area contributed by atoms with E-state index >= 15 is 0 Å². The van der Waals surface area contributed by atoms with Crippen LogP contribution in [-0.4, -0.2) is 25.2 Å². The van der Waals surface area contributed by atoms with Gasteiger partial charge in [-0.1, -0.05) is 6.07 Å². The smallest absolute Gasteiger partial charge is 0.324 e. The Labute approximate surface area is 104 Å². The van der Waals surface area contributed by atoms with E-state index in [1.165, 1.54) is 0 Å². The second-order valence-electron chi connectivity index (χ2n) is 4.63. The molecule has 1 unspecified atom stereocenters. The Morgan fingerprint density at radius 1 is 1.11 bits per heavy atom. The first-order valence-corrected chi connectivity index (χ1v) is 5.75. The van der Waals surface area contributed by atoms with E-state index in [2.05, 4.69) is 4.74 Å². The summed E-state index contributed by atoms with van der Waals surface area (Å²) in [6.45, 7) is 2.70. The van der Waals surface area contributed by atoms with Crippen molar-refractivity contribution in [3.63, 3.8) is 0 Å². The van der Waals surface area contributed by atoms with Gasteiger partial charge in [-0.2, -0.15) is 0 Å². The number of carbonyl (C=O) groups excluding carboxylic acids is 2. The summed E-state index contributed by atoms with van der Waals surface area (Å²) < 4.78 is 15.5. The Morgan fingerprint density at radius 3 is 2.50 bits per heavy atom. The van der Waals surface area contributed by atoms with E-state index in [0.717, 1.165) is 0 Å². The van der Waals surface area contributed by atoms with Crippen molar-refractivity contribution in [3.05, 3.63) is 23.8 Å². The zero-order valence-electron chi connectivity index (χ0n) is 9.89. The van der Waals surface area contributed by atoms with Gasteiger partial charge in [-0.05, 0) is 24.6 Å². The normalized spacial score (nSPS) is 26.1. The lowest BCUT2D eigenvalue weighted by Crippen LogP contribution is -2.28. The van der Waals surface area contributed by atoms with Crippen molar-refractivity contribution in [2.75, 3.05) is 13.2 Å². The molecule has 0 aliphatic carbocycles. The summed E-state index contributed by atoms with van der Waals surface area (Å²) in [6.07, 6.45) is 0.0610. The number of esters is 2. The molecule has 1 fully saturated rings. The fourth-order valence-electron chi connectivity index (χ4n) is 2.22. The largest absolute Gasteiger partial charge is 0.486 e. The molecular weight excluding hydrogens is 236 g/mol. The van der Waals surface area contributed by atoms with Gasteiger partial charge in [0.05, 0.1) is 6.42 Å². The van der Waals surface area contributed by atoms with Crippen molar-refractivity contribution in [1.29, 1.82) is 0 Å². The highest BCUT2D eigenvalue weighted by Gasteiger charge is 2.47. The number of cyclic esters (lactones) is 2. The summed E-state index contributed by atoms with van der Waals surface area (Å²) in [4.78, 5) is 23.0. The zero-order chi connectivity index (χ0) is 12.8. The van der Waals surface area contributed by atoms with Crippen LogP contribution in [0, 0.1) is 0 Å². The van der Waals surface area contributed by atoms with Gasteiger partial charge >= 0.3 is 11.9 Å². The third-order valence-corrected chi connectivity index (χ3v) is 3.33. The van der Waals surface area contributed by atoms with Crippen LogP contribution in [-0.2, 0) is 19.7 Å². The van der Waals surface area contributed by atoms with Gasteiger partial charge in [-0.3, -0.25) is 9.59 Å². The molecule has 3 rings (SSSR count). The van der Waals surface area contributed by atoms with Crippen LogP contribution in [0.1, 0.15) is 18.9 Å². The molecule has 18 heavy (non-hydrogen) atoms. The lowest BCUT2D eigenvalue weighted by molar-refractivity contribution is -0.153. The van der Waals surface area contributed by atoms with Gasteiger partial charge in [0.25, 0.3) is 0 Å². The molecule has 0 spiro atoms. The molecule has 0 amide bonds. The molecule has 2 aliphatic heterocycles. The molecule has 5 heteroatoms. The lowest BCUT2D eigenvalue weighted by Gasteiger charge is -2.23. The summed E-state index contributed by atoms with van der Waals surface area (Å²) in [6, 6.07) is 5.27. The third-order valence-electron chi connectivity index (χ3n) is 3.33. The summed E-state index contributed by atoms with van der Waals surface area (Å²) in [7, 11) is 0. The maximum Gasteiger partial charge on any atom is 0.324 e. The fourth-order valence-corrected chi connectivity index (χ4v) is 2.22. The molecule has 0 aromatic heterocycles.